The van der Waals surface area contributed by atoms with E-state index in [1.807, 2.05) is 70.9 Å². The molecule has 1 saturated heterocycles. The summed E-state index contributed by atoms with van der Waals surface area (Å²) in [7, 11) is 3.22. The van der Waals surface area contributed by atoms with Gasteiger partial charge in [0.1, 0.15) is 6.54 Å². The number of hydrogen-bond donors (Lipinski definition) is 1. The van der Waals surface area contributed by atoms with Crippen LogP contribution >= 0.6 is 11.3 Å². The van der Waals surface area contributed by atoms with Crippen LogP contribution in [0.25, 0.3) is 0 Å². The molecular weight excluding hydrogens is 514 g/mol. The van der Waals surface area contributed by atoms with Crippen molar-refractivity contribution in [2.24, 2.45) is 0 Å². The predicted octanol–water partition coefficient (Wildman–Crippen LogP) is 4.73. The lowest BCUT2D eigenvalue weighted by Gasteiger charge is -2.29. The largest absolute Gasteiger partial charge is 0.493 e. The summed E-state index contributed by atoms with van der Waals surface area (Å²) in [5, 5.41) is 4.99. The van der Waals surface area contributed by atoms with Crippen LogP contribution in [0.4, 0.5) is 4.79 Å². The Labute approximate surface area is 234 Å². The number of thiophene rings is 1. The lowest BCUT2D eigenvalue weighted by atomic mass is 10.1. The Bertz CT molecular complexity index is 1180. The van der Waals surface area contributed by atoms with Crippen LogP contribution in [0.15, 0.2) is 66.0 Å². The van der Waals surface area contributed by atoms with Crippen LogP contribution in [0.1, 0.15) is 28.8 Å². The fourth-order valence-electron chi connectivity index (χ4n) is 4.58. The van der Waals surface area contributed by atoms with E-state index in [0.717, 1.165) is 28.8 Å². The number of methoxy groups -OCH3 is 2. The average Bonchev–Trinajstić information content (AvgIpc) is 3.68. The van der Waals surface area contributed by atoms with Gasteiger partial charge in [-0.3, -0.25) is 4.79 Å². The van der Waals surface area contributed by atoms with Crippen molar-refractivity contribution in [3.8, 4) is 11.5 Å². The van der Waals surface area contributed by atoms with Crippen molar-refractivity contribution in [2.45, 2.75) is 38.5 Å². The SMILES string of the molecule is COc1ccc(CCN(Cc2cccs2)C(=O)CN(CC2CCCO2)C(=O)NCc2ccccc2)cc1OC. The molecule has 0 bridgehead atoms. The summed E-state index contributed by atoms with van der Waals surface area (Å²) in [4.78, 5) is 31.5. The Balaban J connectivity index is 1.45. The molecule has 208 valence electrons. The Morgan fingerprint density at radius 3 is 2.51 bits per heavy atom. The number of ether oxygens (including phenoxy) is 3. The number of benzene rings is 2. The molecule has 1 N–H and O–H groups in total. The highest BCUT2D eigenvalue weighted by Gasteiger charge is 2.26. The molecule has 8 nitrogen and oxygen atoms in total. The normalized spacial score (nSPS) is 14.6. The molecule has 1 aliphatic rings. The van der Waals surface area contributed by atoms with Crippen molar-refractivity contribution >= 4 is 23.3 Å². The van der Waals surface area contributed by atoms with Gasteiger partial charge in [0.05, 0.1) is 26.9 Å². The van der Waals surface area contributed by atoms with Crippen LogP contribution in [0, 0.1) is 0 Å². The fourth-order valence-corrected chi connectivity index (χ4v) is 5.30. The molecule has 3 aromatic rings. The van der Waals surface area contributed by atoms with E-state index < -0.39 is 0 Å². The zero-order valence-corrected chi connectivity index (χ0v) is 23.5. The number of hydrogen-bond acceptors (Lipinski definition) is 6. The number of carbonyl (C=O) groups is 2. The molecule has 1 atom stereocenters. The van der Waals surface area contributed by atoms with Crippen LogP contribution in [-0.2, 0) is 29.0 Å². The second-order valence-corrected chi connectivity index (χ2v) is 10.5. The first kappa shape index (κ1) is 28.4. The van der Waals surface area contributed by atoms with Gasteiger partial charge in [-0.2, -0.15) is 0 Å². The summed E-state index contributed by atoms with van der Waals surface area (Å²) < 4.78 is 16.6. The molecule has 0 spiro atoms. The van der Waals surface area contributed by atoms with Crippen LogP contribution < -0.4 is 14.8 Å². The zero-order valence-electron chi connectivity index (χ0n) is 22.6. The smallest absolute Gasteiger partial charge is 0.318 e. The van der Waals surface area contributed by atoms with Gasteiger partial charge in [-0.05, 0) is 54.0 Å². The van der Waals surface area contributed by atoms with Gasteiger partial charge in [0, 0.05) is 31.1 Å². The topological polar surface area (TPSA) is 80.3 Å². The Hall–Kier alpha value is -3.56. The van der Waals surface area contributed by atoms with Gasteiger partial charge in [0.15, 0.2) is 11.5 Å². The summed E-state index contributed by atoms with van der Waals surface area (Å²) in [6, 6.07) is 19.3. The highest BCUT2D eigenvalue weighted by molar-refractivity contribution is 7.09. The Kier molecular flexibility index (Phi) is 10.6. The lowest BCUT2D eigenvalue weighted by molar-refractivity contribution is -0.132. The molecule has 2 aromatic carbocycles. The van der Waals surface area contributed by atoms with Crippen molar-refractivity contribution in [3.63, 3.8) is 0 Å². The van der Waals surface area contributed by atoms with Gasteiger partial charge in [0.25, 0.3) is 0 Å². The van der Waals surface area contributed by atoms with Gasteiger partial charge in [-0.15, -0.1) is 11.3 Å². The van der Waals surface area contributed by atoms with Gasteiger partial charge in [-0.25, -0.2) is 4.79 Å². The maximum absolute atomic E-state index is 13.7. The number of rotatable bonds is 13. The minimum atomic E-state index is -0.265. The van der Waals surface area contributed by atoms with Crippen molar-refractivity contribution in [1.82, 2.24) is 15.1 Å². The number of nitrogens with zero attached hydrogens (tertiary/aromatic N) is 2. The standard InChI is InChI=1S/C30H37N3O5S/c1-36-27-13-12-23(18-28(27)37-2)14-15-32(21-26-11-7-17-39-26)29(34)22-33(20-25-10-6-16-38-25)30(35)31-19-24-8-4-3-5-9-24/h3-5,7-9,11-13,17-18,25H,6,10,14-16,19-22H2,1-2H3,(H,31,35). The summed E-state index contributed by atoms with van der Waals surface area (Å²) in [6.45, 7) is 2.45. The van der Waals surface area contributed by atoms with Crippen LogP contribution in [-0.4, -0.2) is 68.3 Å². The number of amides is 3. The van der Waals surface area contributed by atoms with E-state index in [2.05, 4.69) is 5.32 Å². The van der Waals surface area contributed by atoms with Crippen LogP contribution in [0.3, 0.4) is 0 Å². The van der Waals surface area contributed by atoms with Gasteiger partial charge in [0.2, 0.25) is 5.91 Å². The second kappa shape index (κ2) is 14.6. The van der Waals surface area contributed by atoms with Gasteiger partial charge in [-0.1, -0.05) is 42.5 Å². The molecule has 0 saturated carbocycles. The maximum Gasteiger partial charge on any atom is 0.318 e. The van der Waals surface area contributed by atoms with E-state index in [0.29, 0.717) is 50.7 Å². The maximum atomic E-state index is 13.7. The molecule has 1 aliphatic heterocycles. The van der Waals surface area contributed by atoms with E-state index in [-0.39, 0.29) is 24.6 Å². The summed E-state index contributed by atoms with van der Waals surface area (Å²) in [6.07, 6.45) is 2.43. The quantitative estimate of drug-likeness (QED) is 0.332. The average molecular weight is 552 g/mol. The van der Waals surface area contributed by atoms with E-state index in [4.69, 9.17) is 14.2 Å². The first-order chi connectivity index (χ1) is 19.1. The molecule has 2 heterocycles. The summed E-state index contributed by atoms with van der Waals surface area (Å²) in [5.41, 5.74) is 2.04. The van der Waals surface area contributed by atoms with Crippen molar-refractivity contribution < 1.29 is 23.8 Å². The van der Waals surface area contributed by atoms with E-state index in [1.54, 1.807) is 30.5 Å². The molecule has 0 radical (unpaired) electrons. The molecule has 1 fully saturated rings. The first-order valence-electron chi connectivity index (χ1n) is 13.2. The van der Waals surface area contributed by atoms with E-state index in [1.165, 1.54) is 0 Å². The first-order valence-corrected chi connectivity index (χ1v) is 14.1. The lowest BCUT2D eigenvalue weighted by Crippen LogP contribution is -2.49. The zero-order chi connectivity index (χ0) is 27.5. The number of nitrogens with one attached hydrogen (secondary N) is 1. The molecule has 4 rings (SSSR count). The minimum Gasteiger partial charge on any atom is -0.493 e. The monoisotopic (exact) mass is 551 g/mol. The van der Waals surface area contributed by atoms with Crippen molar-refractivity contribution in [2.75, 3.05) is 40.5 Å². The number of urea groups is 1. The fraction of sp³-hybridized carbons (Fsp3) is 0.400. The molecule has 9 heteroatoms. The van der Waals surface area contributed by atoms with E-state index in [9.17, 15) is 9.59 Å². The van der Waals surface area contributed by atoms with Crippen LogP contribution in [0.2, 0.25) is 0 Å². The van der Waals surface area contributed by atoms with Crippen molar-refractivity contribution in [1.29, 1.82) is 0 Å². The summed E-state index contributed by atoms with van der Waals surface area (Å²) in [5.74, 6) is 1.22. The van der Waals surface area contributed by atoms with Gasteiger partial charge >= 0.3 is 6.03 Å². The number of carbonyl (C=O) groups excluding carboxylic acids is 2. The Morgan fingerprint density at radius 1 is 1.00 bits per heavy atom. The molecule has 1 aromatic heterocycles. The summed E-state index contributed by atoms with van der Waals surface area (Å²) >= 11 is 1.62. The molecule has 1 unspecified atom stereocenters. The second-order valence-electron chi connectivity index (χ2n) is 9.49. The third-order valence-electron chi connectivity index (χ3n) is 6.75. The Morgan fingerprint density at radius 2 is 1.82 bits per heavy atom. The molecular formula is C30H37N3O5S. The molecule has 3 amide bonds. The minimum absolute atomic E-state index is 0.0161. The van der Waals surface area contributed by atoms with Crippen LogP contribution in [0.5, 0.6) is 11.5 Å². The van der Waals surface area contributed by atoms with E-state index >= 15 is 0 Å². The molecule has 0 aliphatic carbocycles. The molecule has 39 heavy (non-hydrogen) atoms. The van der Waals surface area contributed by atoms with Gasteiger partial charge < -0.3 is 29.3 Å². The third kappa shape index (κ3) is 8.46. The highest BCUT2D eigenvalue weighted by Crippen LogP contribution is 2.28. The van der Waals surface area contributed by atoms with Crippen molar-refractivity contribution in [3.05, 3.63) is 82.0 Å². The highest BCUT2D eigenvalue weighted by atomic mass is 32.1. The predicted molar refractivity (Wildman–Crippen MR) is 152 cm³/mol. The third-order valence-corrected chi connectivity index (χ3v) is 7.61.